The standard InChI is InChI=1S/C20H16BrNO3S2/c1-22-19(24)18(27-20(22)25)10-14-9-13(17(23)11-16(14)21)6-3-12-4-7-15(26-2)8-5-12/h3-11,23H,1-2H3/b6-3+,18-10-. The van der Waals surface area contributed by atoms with Crippen molar-refractivity contribution in [1.29, 1.82) is 0 Å². The first-order chi connectivity index (χ1) is 12.9. The summed E-state index contributed by atoms with van der Waals surface area (Å²) in [5.74, 6) is -0.199. The van der Waals surface area contributed by atoms with Gasteiger partial charge in [0.25, 0.3) is 11.1 Å². The first-order valence-corrected chi connectivity index (χ1v) is 10.8. The lowest BCUT2D eigenvalue weighted by atomic mass is 10.1. The molecule has 1 aliphatic heterocycles. The fourth-order valence-electron chi connectivity index (χ4n) is 2.43. The minimum absolute atomic E-state index is 0.125. The van der Waals surface area contributed by atoms with E-state index in [1.165, 1.54) is 11.9 Å². The van der Waals surface area contributed by atoms with Crippen molar-refractivity contribution in [1.82, 2.24) is 4.90 Å². The van der Waals surface area contributed by atoms with Crippen molar-refractivity contribution in [2.45, 2.75) is 4.90 Å². The van der Waals surface area contributed by atoms with Gasteiger partial charge in [-0.15, -0.1) is 11.8 Å². The van der Waals surface area contributed by atoms with Crippen LogP contribution in [0.3, 0.4) is 0 Å². The van der Waals surface area contributed by atoms with Crippen LogP contribution < -0.4 is 0 Å². The zero-order valence-corrected chi connectivity index (χ0v) is 17.8. The first kappa shape index (κ1) is 19.8. The Hall–Kier alpha value is -1.96. The van der Waals surface area contributed by atoms with Crippen molar-refractivity contribution in [3.8, 4) is 5.75 Å². The van der Waals surface area contributed by atoms with Crippen molar-refractivity contribution in [3.63, 3.8) is 0 Å². The summed E-state index contributed by atoms with van der Waals surface area (Å²) in [6.45, 7) is 0. The highest BCUT2D eigenvalue weighted by Crippen LogP contribution is 2.35. The summed E-state index contributed by atoms with van der Waals surface area (Å²) in [7, 11) is 1.46. The summed E-state index contributed by atoms with van der Waals surface area (Å²) in [5.41, 5.74) is 2.35. The van der Waals surface area contributed by atoms with Gasteiger partial charge in [-0.25, -0.2) is 0 Å². The number of nitrogens with zero attached hydrogens (tertiary/aromatic N) is 1. The summed E-state index contributed by atoms with van der Waals surface area (Å²) in [6.07, 6.45) is 7.41. The number of phenols is 1. The van der Waals surface area contributed by atoms with Crippen LogP contribution in [0.4, 0.5) is 4.79 Å². The Bertz CT molecular complexity index is 968. The lowest BCUT2D eigenvalue weighted by Crippen LogP contribution is -2.22. The molecule has 0 spiro atoms. The maximum Gasteiger partial charge on any atom is 0.293 e. The highest BCUT2D eigenvalue weighted by molar-refractivity contribution is 9.10. The van der Waals surface area contributed by atoms with E-state index in [0.29, 0.717) is 20.5 Å². The molecule has 0 radical (unpaired) electrons. The summed E-state index contributed by atoms with van der Waals surface area (Å²) in [5, 5.41) is 9.94. The number of thioether (sulfide) groups is 2. The van der Waals surface area contributed by atoms with Gasteiger partial charge in [0.15, 0.2) is 0 Å². The third-order valence-electron chi connectivity index (χ3n) is 3.99. The predicted octanol–water partition coefficient (Wildman–Crippen LogP) is 5.71. The number of halogens is 1. The molecule has 1 saturated heterocycles. The van der Waals surface area contributed by atoms with E-state index in [-0.39, 0.29) is 16.9 Å². The number of imide groups is 1. The number of hydrogen-bond donors (Lipinski definition) is 1. The van der Waals surface area contributed by atoms with Crippen LogP contribution in [0, 0.1) is 0 Å². The molecule has 138 valence electrons. The van der Waals surface area contributed by atoms with Crippen LogP contribution in [0.1, 0.15) is 16.7 Å². The Balaban J connectivity index is 1.91. The maximum atomic E-state index is 12.1. The topological polar surface area (TPSA) is 57.6 Å². The van der Waals surface area contributed by atoms with Crippen molar-refractivity contribution >= 4 is 68.8 Å². The fraction of sp³-hybridized carbons (Fsp3) is 0.100. The zero-order chi connectivity index (χ0) is 19.6. The quantitative estimate of drug-likeness (QED) is 0.358. The summed E-state index contributed by atoms with van der Waals surface area (Å²) >= 11 is 5.99. The van der Waals surface area contributed by atoms with E-state index in [2.05, 4.69) is 15.9 Å². The van der Waals surface area contributed by atoms with E-state index in [0.717, 1.165) is 22.2 Å². The average Bonchev–Trinajstić information content (AvgIpc) is 2.90. The number of amides is 2. The molecule has 3 rings (SSSR count). The number of hydrogen-bond acceptors (Lipinski definition) is 5. The third kappa shape index (κ3) is 4.48. The highest BCUT2D eigenvalue weighted by Gasteiger charge is 2.31. The minimum Gasteiger partial charge on any atom is -0.507 e. The lowest BCUT2D eigenvalue weighted by Gasteiger charge is -2.06. The van der Waals surface area contributed by atoms with Gasteiger partial charge in [0.1, 0.15) is 5.75 Å². The summed E-state index contributed by atoms with van der Waals surface area (Å²) in [4.78, 5) is 26.4. The van der Waals surface area contributed by atoms with E-state index in [4.69, 9.17) is 0 Å². The molecule has 2 aromatic rings. The maximum absolute atomic E-state index is 12.1. The largest absolute Gasteiger partial charge is 0.507 e. The Morgan fingerprint density at radius 1 is 1.11 bits per heavy atom. The van der Waals surface area contributed by atoms with Crippen LogP contribution >= 0.6 is 39.5 Å². The molecule has 1 aliphatic rings. The van der Waals surface area contributed by atoms with Crippen LogP contribution in [0.25, 0.3) is 18.2 Å². The molecule has 1 fully saturated rings. The summed E-state index contributed by atoms with van der Waals surface area (Å²) < 4.78 is 0.643. The predicted molar refractivity (Wildman–Crippen MR) is 117 cm³/mol. The molecule has 4 nitrogen and oxygen atoms in total. The number of rotatable bonds is 4. The Labute approximate surface area is 174 Å². The van der Waals surface area contributed by atoms with Crippen molar-refractivity contribution in [3.05, 3.63) is 62.5 Å². The molecular weight excluding hydrogens is 446 g/mol. The normalized spacial score (nSPS) is 16.1. The second-order valence-corrected chi connectivity index (χ2v) is 8.51. The van der Waals surface area contributed by atoms with Crippen molar-refractivity contribution in [2.75, 3.05) is 13.3 Å². The molecule has 27 heavy (non-hydrogen) atoms. The molecule has 1 heterocycles. The number of aromatic hydroxyl groups is 1. The van der Waals surface area contributed by atoms with Crippen LogP contribution in [-0.2, 0) is 4.79 Å². The van der Waals surface area contributed by atoms with Gasteiger partial charge in [0.05, 0.1) is 4.91 Å². The Morgan fingerprint density at radius 3 is 2.41 bits per heavy atom. The van der Waals surface area contributed by atoms with Gasteiger partial charge in [-0.3, -0.25) is 14.5 Å². The van der Waals surface area contributed by atoms with Gasteiger partial charge >= 0.3 is 0 Å². The van der Waals surface area contributed by atoms with Gasteiger partial charge in [0, 0.05) is 22.0 Å². The van der Waals surface area contributed by atoms with Crippen LogP contribution in [0.15, 0.2) is 50.7 Å². The smallest absolute Gasteiger partial charge is 0.293 e. The second-order valence-electron chi connectivity index (χ2n) is 5.78. The number of benzene rings is 2. The minimum atomic E-state index is -0.323. The fourth-order valence-corrected chi connectivity index (χ4v) is 4.10. The van der Waals surface area contributed by atoms with Crippen LogP contribution in [0.5, 0.6) is 5.75 Å². The molecule has 0 aliphatic carbocycles. The highest BCUT2D eigenvalue weighted by atomic mass is 79.9. The van der Waals surface area contributed by atoms with E-state index in [1.807, 2.05) is 42.7 Å². The van der Waals surface area contributed by atoms with E-state index >= 15 is 0 Å². The van der Waals surface area contributed by atoms with Crippen molar-refractivity contribution in [2.24, 2.45) is 0 Å². The van der Waals surface area contributed by atoms with Crippen LogP contribution in [0.2, 0.25) is 0 Å². The number of phenolic OH excluding ortho intramolecular Hbond substituents is 1. The van der Waals surface area contributed by atoms with E-state index < -0.39 is 0 Å². The number of carbonyl (C=O) groups is 2. The first-order valence-electron chi connectivity index (χ1n) is 7.95. The van der Waals surface area contributed by atoms with E-state index in [1.54, 1.807) is 30.0 Å². The Kier molecular flexibility index (Phi) is 6.14. The molecule has 0 aromatic heterocycles. The molecule has 0 unspecified atom stereocenters. The zero-order valence-electron chi connectivity index (χ0n) is 14.6. The molecule has 0 atom stereocenters. The average molecular weight is 462 g/mol. The molecule has 0 bridgehead atoms. The molecule has 2 aromatic carbocycles. The van der Waals surface area contributed by atoms with Gasteiger partial charge < -0.3 is 5.11 Å². The molecule has 7 heteroatoms. The Morgan fingerprint density at radius 2 is 1.81 bits per heavy atom. The van der Waals surface area contributed by atoms with Gasteiger partial charge in [-0.1, -0.05) is 40.2 Å². The lowest BCUT2D eigenvalue weighted by molar-refractivity contribution is -0.121. The monoisotopic (exact) mass is 461 g/mol. The molecule has 1 N–H and O–H groups in total. The van der Waals surface area contributed by atoms with Gasteiger partial charge in [-0.2, -0.15) is 0 Å². The van der Waals surface area contributed by atoms with Crippen molar-refractivity contribution < 1.29 is 14.7 Å². The number of likely N-dealkylation sites (N-methyl/N-ethyl adjacent to an activating group) is 1. The number of carbonyl (C=O) groups excluding carboxylic acids is 2. The third-order valence-corrected chi connectivity index (χ3v) is 6.38. The van der Waals surface area contributed by atoms with Gasteiger partial charge in [0.2, 0.25) is 0 Å². The van der Waals surface area contributed by atoms with Crippen LogP contribution in [-0.4, -0.2) is 34.5 Å². The second kappa shape index (κ2) is 8.37. The summed E-state index contributed by atoms with van der Waals surface area (Å²) in [6, 6.07) is 11.5. The van der Waals surface area contributed by atoms with E-state index in [9.17, 15) is 14.7 Å². The SMILES string of the molecule is CSc1ccc(/C=C/c2cc(/C=C3\SC(=O)N(C)C3=O)c(Br)cc2O)cc1. The molecule has 0 saturated carbocycles. The molecular formula is C20H16BrNO3S2. The molecule has 2 amide bonds. The van der Waals surface area contributed by atoms with Gasteiger partial charge in [-0.05, 0) is 59.5 Å².